The number of anilines is 1. The molecule has 11 heteroatoms. The van der Waals surface area contributed by atoms with Gasteiger partial charge in [-0.05, 0) is 35.9 Å². The summed E-state index contributed by atoms with van der Waals surface area (Å²) in [5.41, 5.74) is 1.53. The van der Waals surface area contributed by atoms with E-state index in [-0.39, 0.29) is 48.6 Å². The van der Waals surface area contributed by atoms with Crippen molar-refractivity contribution in [1.29, 1.82) is 0 Å². The summed E-state index contributed by atoms with van der Waals surface area (Å²) in [7, 11) is 1.52. The standard InChI is InChI=1S/C29H26F2N2O7/c1-19(34)36-14-15-37-23-11-7-6-10-22(23)28(35)33(2)26-18-39-27(32-26)21-12-13-24(40-29(30)31)25(16-21)38-17-20-8-4-3-5-9-20/h3-13,16,18,29H,14-15,17H2,1-2H3. The molecule has 3 aromatic carbocycles. The van der Waals surface area contributed by atoms with Gasteiger partial charge < -0.3 is 23.4 Å². The van der Waals surface area contributed by atoms with Crippen LogP contribution in [0.5, 0.6) is 17.2 Å². The van der Waals surface area contributed by atoms with Gasteiger partial charge in [-0.2, -0.15) is 13.8 Å². The molecule has 0 N–H and O–H groups in total. The molecule has 1 heterocycles. The van der Waals surface area contributed by atoms with Gasteiger partial charge in [0.1, 0.15) is 31.8 Å². The molecule has 0 aliphatic carbocycles. The first-order valence-corrected chi connectivity index (χ1v) is 12.2. The zero-order valence-corrected chi connectivity index (χ0v) is 21.7. The minimum Gasteiger partial charge on any atom is -0.489 e. The van der Waals surface area contributed by atoms with Crippen LogP contribution in [-0.2, 0) is 16.1 Å². The second-order valence-electron chi connectivity index (χ2n) is 8.37. The molecule has 208 valence electrons. The maximum absolute atomic E-state index is 13.2. The molecule has 0 spiro atoms. The van der Waals surface area contributed by atoms with E-state index in [1.807, 2.05) is 30.3 Å². The lowest BCUT2D eigenvalue weighted by atomic mass is 10.2. The van der Waals surface area contributed by atoms with Crippen LogP contribution >= 0.6 is 0 Å². The van der Waals surface area contributed by atoms with Gasteiger partial charge >= 0.3 is 12.6 Å². The lowest BCUT2D eigenvalue weighted by molar-refractivity contribution is -0.141. The van der Waals surface area contributed by atoms with Crippen LogP contribution in [0.4, 0.5) is 14.6 Å². The first-order chi connectivity index (χ1) is 19.3. The van der Waals surface area contributed by atoms with Gasteiger partial charge in [-0.15, -0.1) is 0 Å². The summed E-state index contributed by atoms with van der Waals surface area (Å²) in [5.74, 6) is -0.269. The molecular formula is C29H26F2N2O7. The molecule has 0 saturated heterocycles. The van der Waals surface area contributed by atoms with Gasteiger partial charge in [0.2, 0.25) is 5.89 Å². The third-order valence-electron chi connectivity index (χ3n) is 5.55. The van der Waals surface area contributed by atoms with E-state index < -0.39 is 18.5 Å². The fourth-order valence-corrected chi connectivity index (χ4v) is 3.63. The van der Waals surface area contributed by atoms with Gasteiger partial charge in [-0.25, -0.2) is 0 Å². The normalized spacial score (nSPS) is 10.7. The molecular weight excluding hydrogens is 526 g/mol. The number of hydrogen-bond acceptors (Lipinski definition) is 8. The number of halogens is 2. The van der Waals surface area contributed by atoms with E-state index >= 15 is 0 Å². The lowest BCUT2D eigenvalue weighted by Gasteiger charge is -2.16. The number of carbonyl (C=O) groups excluding carboxylic acids is 2. The monoisotopic (exact) mass is 552 g/mol. The molecule has 1 aromatic heterocycles. The fraction of sp³-hybridized carbons (Fsp3) is 0.207. The summed E-state index contributed by atoms with van der Waals surface area (Å²) in [5, 5.41) is 0. The van der Waals surface area contributed by atoms with E-state index in [0.717, 1.165) is 5.56 Å². The highest BCUT2D eigenvalue weighted by Gasteiger charge is 2.22. The van der Waals surface area contributed by atoms with Crippen LogP contribution in [0, 0.1) is 0 Å². The largest absolute Gasteiger partial charge is 0.489 e. The Morgan fingerprint density at radius 2 is 1.68 bits per heavy atom. The zero-order chi connectivity index (χ0) is 28.5. The van der Waals surface area contributed by atoms with Crippen LogP contribution in [-0.4, -0.2) is 43.7 Å². The van der Waals surface area contributed by atoms with Gasteiger partial charge in [0.05, 0.1) is 5.56 Å². The SMILES string of the molecule is CC(=O)OCCOc1ccccc1C(=O)N(C)c1coc(-c2ccc(OC(F)F)c(OCc3ccccc3)c2)n1. The van der Waals surface area contributed by atoms with E-state index in [1.165, 1.54) is 43.3 Å². The maximum Gasteiger partial charge on any atom is 0.387 e. The summed E-state index contributed by atoms with van der Waals surface area (Å²) in [4.78, 5) is 29.9. The first-order valence-electron chi connectivity index (χ1n) is 12.2. The summed E-state index contributed by atoms with van der Waals surface area (Å²) in [6.07, 6.45) is 1.30. The van der Waals surface area contributed by atoms with Crippen molar-refractivity contribution < 1.29 is 41.7 Å². The molecule has 0 fully saturated rings. The van der Waals surface area contributed by atoms with Crippen molar-refractivity contribution in [1.82, 2.24) is 4.98 Å². The van der Waals surface area contributed by atoms with Gasteiger partial charge in [0.15, 0.2) is 17.3 Å². The van der Waals surface area contributed by atoms with Crippen molar-refractivity contribution in [3.05, 3.63) is 90.2 Å². The number of hydrogen-bond donors (Lipinski definition) is 0. The maximum atomic E-state index is 13.2. The minimum absolute atomic E-state index is 0.0402. The van der Waals surface area contributed by atoms with Gasteiger partial charge in [0.25, 0.3) is 5.91 Å². The number of nitrogens with zero attached hydrogens (tertiary/aromatic N) is 2. The van der Waals surface area contributed by atoms with Crippen LogP contribution in [0.1, 0.15) is 22.8 Å². The second kappa shape index (κ2) is 13.2. The van der Waals surface area contributed by atoms with Crippen molar-refractivity contribution in [2.75, 3.05) is 25.2 Å². The molecule has 0 aliphatic heterocycles. The number of aromatic nitrogens is 1. The predicted octanol–water partition coefficient (Wildman–Crippen LogP) is 5.74. The summed E-state index contributed by atoms with van der Waals surface area (Å²) in [6, 6.07) is 20.2. The Balaban J connectivity index is 1.51. The number of alkyl halides is 2. The van der Waals surface area contributed by atoms with Crippen LogP contribution in [0.25, 0.3) is 11.5 Å². The quantitative estimate of drug-likeness (QED) is 0.162. The molecule has 0 unspecified atom stereocenters. The molecule has 40 heavy (non-hydrogen) atoms. The van der Waals surface area contributed by atoms with Crippen LogP contribution in [0.2, 0.25) is 0 Å². The van der Waals surface area contributed by atoms with E-state index in [2.05, 4.69) is 9.72 Å². The molecule has 0 bridgehead atoms. The number of oxazole rings is 1. The number of ether oxygens (including phenoxy) is 4. The van der Waals surface area contributed by atoms with Crippen LogP contribution in [0.15, 0.2) is 83.5 Å². The van der Waals surface area contributed by atoms with E-state index in [0.29, 0.717) is 11.3 Å². The molecule has 0 atom stereocenters. The molecule has 9 nitrogen and oxygen atoms in total. The Morgan fingerprint density at radius 1 is 0.925 bits per heavy atom. The number of esters is 1. The second-order valence-corrected chi connectivity index (χ2v) is 8.37. The highest BCUT2D eigenvalue weighted by Crippen LogP contribution is 2.35. The van der Waals surface area contributed by atoms with Crippen molar-refractivity contribution in [3.8, 4) is 28.7 Å². The number of amides is 1. The van der Waals surface area contributed by atoms with Gasteiger partial charge in [0, 0.05) is 19.5 Å². The zero-order valence-electron chi connectivity index (χ0n) is 21.7. The minimum atomic E-state index is -3.04. The number of benzene rings is 3. The van der Waals surface area contributed by atoms with Crippen molar-refractivity contribution in [3.63, 3.8) is 0 Å². The number of carbonyl (C=O) groups is 2. The topological polar surface area (TPSA) is 100 Å². The Morgan fingerprint density at radius 3 is 2.42 bits per heavy atom. The van der Waals surface area contributed by atoms with E-state index in [9.17, 15) is 18.4 Å². The third-order valence-corrected chi connectivity index (χ3v) is 5.55. The molecule has 4 rings (SSSR count). The van der Waals surface area contributed by atoms with E-state index in [4.69, 9.17) is 18.6 Å². The Hall–Kier alpha value is -4.93. The Bertz CT molecular complexity index is 1440. The van der Waals surface area contributed by atoms with Crippen molar-refractivity contribution >= 4 is 17.7 Å². The number of para-hydroxylation sites is 1. The summed E-state index contributed by atoms with van der Waals surface area (Å²) in [6.45, 7) is -1.50. The Labute approximate surface area is 228 Å². The first kappa shape index (κ1) is 28.1. The Kier molecular flexibility index (Phi) is 9.29. The molecule has 0 saturated carbocycles. The van der Waals surface area contributed by atoms with Crippen molar-refractivity contribution in [2.45, 2.75) is 20.1 Å². The molecule has 4 aromatic rings. The fourth-order valence-electron chi connectivity index (χ4n) is 3.63. The van der Waals surface area contributed by atoms with Crippen LogP contribution in [0.3, 0.4) is 0 Å². The molecule has 0 radical (unpaired) electrons. The van der Waals surface area contributed by atoms with Gasteiger partial charge in [-0.1, -0.05) is 42.5 Å². The predicted molar refractivity (Wildman–Crippen MR) is 141 cm³/mol. The smallest absolute Gasteiger partial charge is 0.387 e. The summed E-state index contributed by atoms with van der Waals surface area (Å²) < 4.78 is 52.4. The third kappa shape index (κ3) is 7.34. The average Bonchev–Trinajstić information content (AvgIpc) is 3.45. The van der Waals surface area contributed by atoms with Crippen LogP contribution < -0.4 is 19.1 Å². The highest BCUT2D eigenvalue weighted by atomic mass is 19.3. The molecule has 1 amide bonds. The highest BCUT2D eigenvalue weighted by molar-refractivity contribution is 6.07. The molecule has 0 aliphatic rings. The van der Waals surface area contributed by atoms with Crippen molar-refractivity contribution in [2.24, 2.45) is 0 Å². The summed E-state index contributed by atoms with van der Waals surface area (Å²) >= 11 is 0. The lowest BCUT2D eigenvalue weighted by Crippen LogP contribution is -2.27. The van der Waals surface area contributed by atoms with E-state index in [1.54, 1.807) is 24.3 Å². The number of rotatable bonds is 12. The van der Waals surface area contributed by atoms with Gasteiger partial charge in [-0.3, -0.25) is 14.5 Å². The average molecular weight is 553 g/mol.